The largest absolute Gasteiger partial charge is 0.476 e. The Morgan fingerprint density at radius 3 is 2.86 bits per heavy atom. The molecule has 0 unspecified atom stereocenters. The molecule has 0 atom stereocenters. The van der Waals surface area contributed by atoms with Crippen molar-refractivity contribution in [2.75, 3.05) is 0 Å². The minimum atomic E-state index is -1.08. The lowest BCUT2D eigenvalue weighted by molar-refractivity contribution is 0.0689. The van der Waals surface area contributed by atoms with Crippen LogP contribution in [-0.2, 0) is 0 Å². The summed E-state index contributed by atoms with van der Waals surface area (Å²) in [5, 5.41) is 12.6. The monoisotopic (exact) mass is 319 g/mol. The zero-order valence-corrected chi connectivity index (χ0v) is 9.78. The van der Waals surface area contributed by atoms with Gasteiger partial charge in [0.25, 0.3) is 0 Å². The van der Waals surface area contributed by atoms with Crippen LogP contribution in [0.2, 0.25) is 0 Å². The summed E-state index contributed by atoms with van der Waals surface area (Å²) in [5.41, 5.74) is 0.432. The van der Waals surface area contributed by atoms with Crippen molar-refractivity contribution in [3.8, 4) is 0 Å². The van der Waals surface area contributed by atoms with E-state index in [0.717, 1.165) is 4.47 Å². The van der Waals surface area contributed by atoms with Crippen molar-refractivity contribution in [3.63, 3.8) is 0 Å². The standard InChI is InChI=1S/C7H3Br2N3O2/c8-3-1-10-6-4(9)5(7(13)14)11-12(6)2-3/h1-2H,(H,13,14). The van der Waals surface area contributed by atoms with Crippen molar-refractivity contribution in [1.82, 2.24) is 14.6 Å². The smallest absolute Gasteiger partial charge is 0.357 e. The molecule has 0 spiro atoms. The number of carbonyl (C=O) groups is 1. The first-order chi connectivity index (χ1) is 6.59. The molecular weight excluding hydrogens is 318 g/mol. The highest BCUT2D eigenvalue weighted by Crippen LogP contribution is 2.21. The van der Waals surface area contributed by atoms with Crippen molar-refractivity contribution in [2.24, 2.45) is 0 Å². The average Bonchev–Trinajstić information content (AvgIpc) is 2.43. The maximum Gasteiger partial charge on any atom is 0.357 e. The molecule has 0 aliphatic heterocycles. The number of aromatic nitrogens is 3. The molecule has 0 aliphatic carbocycles. The minimum Gasteiger partial charge on any atom is -0.476 e. The molecule has 2 heterocycles. The summed E-state index contributed by atoms with van der Waals surface area (Å²) < 4.78 is 2.52. The number of aromatic carboxylic acids is 1. The van der Waals surface area contributed by atoms with Gasteiger partial charge in [0.1, 0.15) is 0 Å². The number of carboxylic acids is 1. The van der Waals surface area contributed by atoms with E-state index in [1.54, 1.807) is 12.4 Å². The van der Waals surface area contributed by atoms with E-state index >= 15 is 0 Å². The molecule has 7 heteroatoms. The summed E-state index contributed by atoms with van der Waals surface area (Å²) in [7, 11) is 0. The predicted octanol–water partition coefficient (Wildman–Crippen LogP) is 1.95. The van der Waals surface area contributed by atoms with Crippen LogP contribution in [0.4, 0.5) is 0 Å². The molecule has 0 amide bonds. The lowest BCUT2D eigenvalue weighted by Crippen LogP contribution is -1.98. The quantitative estimate of drug-likeness (QED) is 0.872. The summed E-state index contributed by atoms with van der Waals surface area (Å²) in [5.74, 6) is -1.08. The van der Waals surface area contributed by atoms with Gasteiger partial charge in [0.2, 0.25) is 0 Å². The van der Waals surface area contributed by atoms with Gasteiger partial charge in [0.05, 0.1) is 8.95 Å². The van der Waals surface area contributed by atoms with E-state index in [4.69, 9.17) is 5.11 Å². The van der Waals surface area contributed by atoms with Crippen LogP contribution in [0.1, 0.15) is 10.5 Å². The van der Waals surface area contributed by atoms with Gasteiger partial charge in [-0.15, -0.1) is 0 Å². The number of rotatable bonds is 1. The molecule has 5 nitrogen and oxygen atoms in total. The Hall–Kier alpha value is -0.950. The Kier molecular flexibility index (Phi) is 2.28. The number of fused-ring (bicyclic) bond motifs is 1. The molecule has 0 saturated carbocycles. The van der Waals surface area contributed by atoms with Crippen LogP contribution in [-0.4, -0.2) is 25.7 Å². The van der Waals surface area contributed by atoms with E-state index in [0.29, 0.717) is 10.1 Å². The SMILES string of the molecule is O=C(O)c1nn2cc(Br)cnc2c1Br. The Balaban J connectivity index is 2.79. The average molecular weight is 321 g/mol. The van der Waals surface area contributed by atoms with Gasteiger partial charge in [0.15, 0.2) is 11.3 Å². The van der Waals surface area contributed by atoms with Gasteiger partial charge in [-0.2, -0.15) is 5.10 Å². The van der Waals surface area contributed by atoms with E-state index in [-0.39, 0.29) is 5.69 Å². The second-order valence-electron chi connectivity index (χ2n) is 2.51. The molecule has 0 bridgehead atoms. The molecule has 0 aromatic carbocycles. The van der Waals surface area contributed by atoms with Gasteiger partial charge in [-0.1, -0.05) is 0 Å². The normalized spacial score (nSPS) is 10.7. The summed E-state index contributed by atoms with van der Waals surface area (Å²) in [6.45, 7) is 0. The van der Waals surface area contributed by atoms with Gasteiger partial charge in [-0.25, -0.2) is 14.3 Å². The van der Waals surface area contributed by atoms with Crippen molar-refractivity contribution in [2.45, 2.75) is 0 Å². The van der Waals surface area contributed by atoms with Crippen molar-refractivity contribution in [3.05, 3.63) is 27.0 Å². The molecule has 2 rings (SSSR count). The van der Waals surface area contributed by atoms with Crippen LogP contribution < -0.4 is 0 Å². The van der Waals surface area contributed by atoms with Crippen LogP contribution in [0.15, 0.2) is 21.3 Å². The van der Waals surface area contributed by atoms with Gasteiger partial charge in [-0.3, -0.25) is 0 Å². The lowest BCUT2D eigenvalue weighted by Gasteiger charge is -1.91. The van der Waals surface area contributed by atoms with E-state index < -0.39 is 5.97 Å². The van der Waals surface area contributed by atoms with Crippen LogP contribution in [0.25, 0.3) is 5.65 Å². The van der Waals surface area contributed by atoms with Crippen LogP contribution >= 0.6 is 31.9 Å². The number of hydrogen-bond donors (Lipinski definition) is 1. The fourth-order valence-electron chi connectivity index (χ4n) is 1.02. The van der Waals surface area contributed by atoms with Crippen LogP contribution in [0, 0.1) is 0 Å². The maximum atomic E-state index is 10.7. The third-order valence-corrected chi connectivity index (χ3v) is 2.73. The van der Waals surface area contributed by atoms with E-state index in [1.165, 1.54) is 4.52 Å². The van der Waals surface area contributed by atoms with Crippen LogP contribution in [0.3, 0.4) is 0 Å². The third-order valence-electron chi connectivity index (χ3n) is 1.59. The Bertz CT molecular complexity index is 523. The minimum absolute atomic E-state index is 0.0457. The van der Waals surface area contributed by atoms with Gasteiger partial charge >= 0.3 is 5.97 Å². The Labute approximate surface area is 95.0 Å². The highest BCUT2D eigenvalue weighted by atomic mass is 79.9. The lowest BCUT2D eigenvalue weighted by atomic mass is 10.4. The highest BCUT2D eigenvalue weighted by molar-refractivity contribution is 9.11. The van der Waals surface area contributed by atoms with Crippen molar-refractivity contribution in [1.29, 1.82) is 0 Å². The molecule has 72 valence electrons. The van der Waals surface area contributed by atoms with Crippen molar-refractivity contribution < 1.29 is 9.90 Å². The molecular formula is C7H3Br2N3O2. The van der Waals surface area contributed by atoms with Crippen LogP contribution in [0.5, 0.6) is 0 Å². The predicted molar refractivity (Wildman–Crippen MR) is 55.3 cm³/mol. The molecule has 0 aliphatic rings. The second-order valence-corrected chi connectivity index (χ2v) is 4.22. The van der Waals surface area contributed by atoms with E-state index in [1.807, 2.05) is 0 Å². The summed E-state index contributed by atoms with van der Waals surface area (Å²) in [6.07, 6.45) is 3.22. The second kappa shape index (κ2) is 3.32. The number of carboxylic acid groups (broad SMARTS) is 1. The fourth-order valence-corrected chi connectivity index (χ4v) is 1.85. The maximum absolute atomic E-state index is 10.7. The molecule has 2 aromatic heterocycles. The molecule has 14 heavy (non-hydrogen) atoms. The molecule has 0 saturated heterocycles. The van der Waals surface area contributed by atoms with Gasteiger partial charge in [-0.05, 0) is 31.9 Å². The molecule has 1 N–H and O–H groups in total. The summed E-state index contributed by atoms with van der Waals surface area (Å²) in [6, 6.07) is 0. The first-order valence-corrected chi connectivity index (χ1v) is 5.11. The fraction of sp³-hybridized carbons (Fsp3) is 0. The number of nitrogens with zero attached hydrogens (tertiary/aromatic N) is 3. The number of halogens is 2. The van der Waals surface area contributed by atoms with E-state index in [2.05, 4.69) is 41.9 Å². The molecule has 0 radical (unpaired) electrons. The summed E-state index contributed by atoms with van der Waals surface area (Å²) >= 11 is 6.35. The first-order valence-electron chi connectivity index (χ1n) is 3.52. The highest BCUT2D eigenvalue weighted by Gasteiger charge is 2.17. The zero-order chi connectivity index (χ0) is 10.3. The topological polar surface area (TPSA) is 67.5 Å². The Morgan fingerprint density at radius 1 is 1.50 bits per heavy atom. The summed E-state index contributed by atoms with van der Waals surface area (Å²) in [4.78, 5) is 14.8. The third kappa shape index (κ3) is 1.42. The number of hydrogen-bond acceptors (Lipinski definition) is 3. The van der Waals surface area contributed by atoms with E-state index in [9.17, 15) is 4.79 Å². The Morgan fingerprint density at radius 2 is 2.21 bits per heavy atom. The molecule has 0 fully saturated rings. The van der Waals surface area contributed by atoms with Gasteiger partial charge < -0.3 is 5.11 Å². The zero-order valence-electron chi connectivity index (χ0n) is 6.61. The van der Waals surface area contributed by atoms with Gasteiger partial charge in [0, 0.05) is 12.4 Å². The molecule has 2 aromatic rings. The first kappa shape index (κ1) is 9.60. The van der Waals surface area contributed by atoms with Crippen molar-refractivity contribution >= 4 is 43.5 Å².